The summed E-state index contributed by atoms with van der Waals surface area (Å²) in [7, 11) is 0. The van der Waals surface area contributed by atoms with Crippen LogP contribution in [0.15, 0.2) is 107 Å². The van der Waals surface area contributed by atoms with Gasteiger partial charge in [-0.15, -0.1) is 10.2 Å². The van der Waals surface area contributed by atoms with Crippen molar-refractivity contribution in [2.75, 3.05) is 13.1 Å². The Hall–Kier alpha value is -5.39. The average Bonchev–Trinajstić information content (AvgIpc) is 3.90. The fraction of sp³-hybridized carbons (Fsp3) is 0.457. The molecule has 16 heteroatoms. The zero-order chi connectivity index (χ0) is 42.7. The lowest BCUT2D eigenvalue weighted by Gasteiger charge is -2.40. The van der Waals surface area contributed by atoms with Crippen LogP contribution in [0.3, 0.4) is 0 Å². The summed E-state index contributed by atoms with van der Waals surface area (Å²) in [5.74, 6) is -0.472. The Labute approximate surface area is 357 Å². The predicted octanol–water partition coefficient (Wildman–Crippen LogP) is 4.59. The average molecular weight is 850 g/mol. The summed E-state index contributed by atoms with van der Waals surface area (Å²) in [5, 5.41) is 8.64. The summed E-state index contributed by atoms with van der Waals surface area (Å²) in [6.07, 6.45) is 11.5. The van der Waals surface area contributed by atoms with Crippen LogP contribution in [0, 0.1) is 11.6 Å². The number of hydrogen-bond acceptors (Lipinski definition) is 10. The summed E-state index contributed by atoms with van der Waals surface area (Å²) in [4.78, 5) is 42.4. The summed E-state index contributed by atoms with van der Waals surface area (Å²) in [6.45, 7) is 2.00. The van der Waals surface area contributed by atoms with Crippen molar-refractivity contribution in [1.82, 2.24) is 38.2 Å². The maximum Gasteiger partial charge on any atom is 0.350 e. The molecule has 4 bridgehead atoms. The Kier molecular flexibility index (Phi) is 12.5. The highest BCUT2D eigenvalue weighted by Crippen LogP contribution is 2.38. The number of hydrogen-bond donors (Lipinski definition) is 1. The second-order valence-corrected chi connectivity index (χ2v) is 17.2. The number of piperidine rings is 2. The van der Waals surface area contributed by atoms with Crippen LogP contribution in [0.25, 0.3) is 11.3 Å². The monoisotopic (exact) mass is 849 g/mol. The number of nitrogens with two attached hydrogens (primary N) is 1. The molecule has 5 atom stereocenters. The Balaban J connectivity index is 0.000000158. The number of ketones is 1. The standard InChI is InChI=1S/C23H28FN5O2.C23H25FN4O3/c24-21-6-2-1-5-16(21)15-31-20-11-18-8-9-19(12-20)28(18)13-17(25)14-29-23(30)27-10-4-3-7-22(27)26-29;24-21-6-2-1-5-16(21)15-31-20-11-17-8-9-18(12-20)27(17)13-19(29)14-28-23(30)26-10-4-3-7-22(26)25-28/h1-7,10,17-20H,8-9,11-15,25H2;1-7,10,17-18,20H,8-9,11-15H2. The number of carbonyl (C=O) groups excluding carboxylic acids is 1. The van der Waals surface area contributed by atoms with E-state index in [2.05, 4.69) is 20.0 Å². The SMILES string of the molecule is NC(CN1C2CCC1CC(OCc1ccccc1F)C2)Cn1nc2ccccn2c1=O.O=C(CN1C2CCC1CC(OCc1ccccc1F)C2)Cn1nc2ccccn2c1=O. The van der Waals surface area contributed by atoms with Crippen molar-refractivity contribution in [3.63, 3.8) is 0 Å². The fourth-order valence-electron chi connectivity index (χ4n) is 10.1. The van der Waals surface area contributed by atoms with Crippen molar-refractivity contribution in [3.05, 3.63) is 141 Å². The molecule has 14 nitrogen and oxygen atoms in total. The summed E-state index contributed by atoms with van der Waals surface area (Å²) >= 11 is 0. The molecule has 5 unspecified atom stereocenters. The van der Waals surface area contributed by atoms with E-state index in [-0.39, 0.29) is 72.3 Å². The number of carbonyl (C=O) groups is 1. The van der Waals surface area contributed by atoms with Crippen LogP contribution in [-0.2, 0) is 40.6 Å². The van der Waals surface area contributed by atoms with Crippen molar-refractivity contribution in [2.45, 2.75) is 120 Å². The third kappa shape index (κ3) is 9.20. The number of halogens is 2. The normalized spacial score (nSPS) is 24.0. The molecule has 62 heavy (non-hydrogen) atoms. The third-order valence-corrected chi connectivity index (χ3v) is 13.1. The first kappa shape index (κ1) is 41.9. The first-order valence-electron chi connectivity index (χ1n) is 21.7. The number of ether oxygens (including phenoxy) is 2. The number of Topliss-reactive ketones (excluding diaryl/α,β-unsaturated/α-hetero) is 1. The second kappa shape index (κ2) is 18.5. The number of rotatable bonds is 14. The Morgan fingerprint density at radius 2 is 1.06 bits per heavy atom. The topological polar surface area (TPSA) is 147 Å². The van der Waals surface area contributed by atoms with E-state index >= 15 is 0 Å². The van der Waals surface area contributed by atoms with Gasteiger partial charge in [0.1, 0.15) is 18.2 Å². The van der Waals surface area contributed by atoms with Gasteiger partial charge in [-0.1, -0.05) is 48.5 Å². The number of pyridine rings is 2. The van der Waals surface area contributed by atoms with Crippen LogP contribution in [-0.4, -0.2) is 99.5 Å². The van der Waals surface area contributed by atoms with Gasteiger partial charge in [-0.25, -0.2) is 27.7 Å². The van der Waals surface area contributed by atoms with Gasteiger partial charge in [0.25, 0.3) is 0 Å². The van der Waals surface area contributed by atoms with Gasteiger partial charge in [0.2, 0.25) is 0 Å². The lowest BCUT2D eigenvalue weighted by atomic mass is 9.99. The quantitative estimate of drug-likeness (QED) is 0.165. The highest BCUT2D eigenvalue weighted by molar-refractivity contribution is 5.80. The first-order valence-corrected chi connectivity index (χ1v) is 21.7. The summed E-state index contributed by atoms with van der Waals surface area (Å²) < 4.78 is 45.5. The van der Waals surface area contributed by atoms with Gasteiger partial charge < -0.3 is 15.2 Å². The Bertz CT molecular complexity index is 2600. The third-order valence-electron chi connectivity index (χ3n) is 13.1. The molecule has 8 heterocycles. The van der Waals surface area contributed by atoms with Gasteiger partial charge >= 0.3 is 11.4 Å². The molecule has 326 valence electrons. The van der Waals surface area contributed by atoms with Gasteiger partial charge in [0.15, 0.2) is 17.1 Å². The highest BCUT2D eigenvalue weighted by Gasteiger charge is 2.43. The van der Waals surface area contributed by atoms with E-state index in [0.29, 0.717) is 54.2 Å². The van der Waals surface area contributed by atoms with Gasteiger partial charge in [0.05, 0.1) is 38.5 Å². The van der Waals surface area contributed by atoms with E-state index in [1.165, 1.54) is 30.3 Å². The summed E-state index contributed by atoms with van der Waals surface area (Å²) in [5.41, 5.74) is 8.34. The summed E-state index contributed by atoms with van der Waals surface area (Å²) in [6, 6.07) is 25.5. The van der Waals surface area contributed by atoms with Crippen molar-refractivity contribution >= 4 is 17.1 Å². The van der Waals surface area contributed by atoms with E-state index in [1.54, 1.807) is 48.8 Å². The number of nitrogens with zero attached hydrogens (tertiary/aromatic N) is 8. The molecule has 4 aromatic heterocycles. The minimum atomic E-state index is -0.299. The lowest BCUT2D eigenvalue weighted by molar-refractivity contribution is -0.123. The minimum absolute atomic E-state index is 0.0202. The molecule has 4 fully saturated rings. The molecular weight excluding hydrogens is 797 g/mol. The van der Waals surface area contributed by atoms with Crippen LogP contribution in [0.1, 0.15) is 62.5 Å². The van der Waals surface area contributed by atoms with Gasteiger partial charge in [-0.2, -0.15) is 0 Å². The molecule has 4 aliphatic heterocycles. The smallest absolute Gasteiger partial charge is 0.350 e. The molecule has 0 amide bonds. The predicted molar refractivity (Wildman–Crippen MR) is 227 cm³/mol. The van der Waals surface area contributed by atoms with Gasteiger partial charge in [-0.3, -0.25) is 23.4 Å². The molecule has 2 aromatic carbocycles. The maximum atomic E-state index is 13.9. The second-order valence-electron chi connectivity index (χ2n) is 17.2. The van der Waals surface area contributed by atoms with Gasteiger partial charge in [0, 0.05) is 60.3 Å². The number of fused-ring (bicyclic) bond motifs is 6. The van der Waals surface area contributed by atoms with E-state index in [1.807, 2.05) is 36.4 Å². The zero-order valence-electron chi connectivity index (χ0n) is 34.6. The van der Waals surface area contributed by atoms with Crippen molar-refractivity contribution in [1.29, 1.82) is 0 Å². The van der Waals surface area contributed by atoms with Crippen molar-refractivity contribution in [3.8, 4) is 0 Å². The highest BCUT2D eigenvalue weighted by atomic mass is 19.1. The molecule has 0 saturated carbocycles. The van der Waals surface area contributed by atoms with E-state index < -0.39 is 0 Å². The maximum absolute atomic E-state index is 13.9. The van der Waals surface area contributed by atoms with E-state index in [4.69, 9.17) is 15.2 Å². The van der Waals surface area contributed by atoms with Crippen LogP contribution < -0.4 is 17.1 Å². The molecule has 0 aliphatic carbocycles. The number of benzene rings is 2. The molecule has 2 N–H and O–H groups in total. The fourth-order valence-corrected chi connectivity index (χ4v) is 10.1. The molecule has 4 saturated heterocycles. The van der Waals surface area contributed by atoms with Gasteiger partial charge in [-0.05, 0) is 87.8 Å². The molecule has 6 aromatic rings. The van der Waals surface area contributed by atoms with E-state index in [0.717, 1.165) is 57.9 Å². The van der Waals surface area contributed by atoms with Crippen molar-refractivity contribution < 1.29 is 23.0 Å². The van der Waals surface area contributed by atoms with Crippen LogP contribution in [0.5, 0.6) is 0 Å². The minimum Gasteiger partial charge on any atom is -0.373 e. The Morgan fingerprint density at radius 3 is 1.56 bits per heavy atom. The number of aromatic nitrogens is 6. The molecule has 0 spiro atoms. The molecule has 0 radical (unpaired) electrons. The lowest BCUT2D eigenvalue weighted by Crippen LogP contribution is -2.51. The molecule has 10 rings (SSSR count). The van der Waals surface area contributed by atoms with Crippen molar-refractivity contribution in [2.24, 2.45) is 5.73 Å². The Morgan fingerprint density at radius 1 is 0.613 bits per heavy atom. The van der Waals surface area contributed by atoms with Crippen LogP contribution in [0.2, 0.25) is 0 Å². The zero-order valence-corrected chi connectivity index (χ0v) is 34.6. The van der Waals surface area contributed by atoms with Crippen LogP contribution >= 0.6 is 0 Å². The molecule has 4 aliphatic rings. The van der Waals surface area contributed by atoms with Crippen LogP contribution in [0.4, 0.5) is 8.78 Å². The largest absolute Gasteiger partial charge is 0.373 e. The van der Waals surface area contributed by atoms with E-state index in [9.17, 15) is 23.2 Å². The molecular formula is C46H53F2N9O5. The first-order chi connectivity index (χ1) is 30.2.